The number of benzene rings is 1. The van der Waals surface area contributed by atoms with E-state index in [0.29, 0.717) is 18.7 Å². The Hall–Kier alpha value is -3.32. The fourth-order valence-electron chi connectivity index (χ4n) is 3.49. The van der Waals surface area contributed by atoms with E-state index in [1.807, 2.05) is 30.1 Å². The topological polar surface area (TPSA) is 105 Å². The third kappa shape index (κ3) is 5.64. The Morgan fingerprint density at radius 3 is 2.65 bits per heavy atom. The zero-order valence-corrected chi connectivity index (χ0v) is 18.1. The summed E-state index contributed by atoms with van der Waals surface area (Å²) in [6.45, 7) is 2.94. The van der Waals surface area contributed by atoms with E-state index in [4.69, 9.17) is 10.8 Å². The van der Waals surface area contributed by atoms with Gasteiger partial charge in [-0.15, -0.1) is 0 Å². The van der Waals surface area contributed by atoms with Crippen molar-refractivity contribution in [2.75, 3.05) is 30.8 Å². The second-order valence-corrected chi connectivity index (χ2v) is 7.54. The van der Waals surface area contributed by atoms with Crippen LogP contribution in [0.25, 0.3) is 11.3 Å². The molecule has 0 aliphatic heterocycles. The van der Waals surface area contributed by atoms with Crippen molar-refractivity contribution in [2.24, 2.45) is 0 Å². The van der Waals surface area contributed by atoms with Crippen LogP contribution in [0, 0.1) is 0 Å². The number of carbonyl (C=O) groups excluding carboxylic acids is 1. The standard InChI is InChI=1S/C24H29N5O2/c1-3-5-17-6-8-18(9-7-17)20-16-27-24(25)23(28-20)22(31)14-19-15-26-11-10-21(19)29(2)12-4-13-30/h6-11,15-16,30H,3-5,12-14H2,1-2H3,(H2,25,27). The quantitative estimate of drug-likeness (QED) is 0.486. The van der Waals surface area contributed by atoms with Gasteiger partial charge in [0.15, 0.2) is 11.6 Å². The first-order chi connectivity index (χ1) is 15.0. The molecule has 31 heavy (non-hydrogen) atoms. The lowest BCUT2D eigenvalue weighted by Crippen LogP contribution is -2.22. The zero-order chi connectivity index (χ0) is 22.2. The van der Waals surface area contributed by atoms with Gasteiger partial charge < -0.3 is 15.7 Å². The minimum atomic E-state index is -0.209. The van der Waals surface area contributed by atoms with E-state index in [1.54, 1.807) is 18.6 Å². The molecule has 3 rings (SSSR count). The summed E-state index contributed by atoms with van der Waals surface area (Å²) in [5, 5.41) is 9.10. The number of carbonyl (C=O) groups is 1. The lowest BCUT2D eigenvalue weighted by atomic mass is 10.0. The Morgan fingerprint density at radius 2 is 1.94 bits per heavy atom. The Bertz CT molecular complexity index is 1020. The largest absolute Gasteiger partial charge is 0.396 e. The number of hydrogen-bond acceptors (Lipinski definition) is 7. The summed E-state index contributed by atoms with van der Waals surface area (Å²) < 4.78 is 0. The molecule has 0 saturated carbocycles. The summed E-state index contributed by atoms with van der Waals surface area (Å²) in [4.78, 5) is 28.0. The fraction of sp³-hybridized carbons (Fsp3) is 0.333. The van der Waals surface area contributed by atoms with Crippen molar-refractivity contribution in [2.45, 2.75) is 32.6 Å². The van der Waals surface area contributed by atoms with E-state index in [0.717, 1.165) is 29.7 Å². The van der Waals surface area contributed by atoms with Gasteiger partial charge in [0, 0.05) is 55.8 Å². The van der Waals surface area contributed by atoms with Gasteiger partial charge in [-0.25, -0.2) is 9.97 Å². The van der Waals surface area contributed by atoms with E-state index in [-0.39, 0.29) is 30.3 Å². The molecule has 2 aromatic heterocycles. The molecule has 7 heteroatoms. The van der Waals surface area contributed by atoms with Crippen molar-refractivity contribution < 1.29 is 9.90 Å². The molecule has 0 fully saturated rings. The molecule has 0 spiro atoms. The van der Waals surface area contributed by atoms with Crippen LogP contribution in [0.4, 0.5) is 11.5 Å². The minimum Gasteiger partial charge on any atom is -0.396 e. The molecule has 0 bridgehead atoms. The third-order valence-corrected chi connectivity index (χ3v) is 5.15. The van der Waals surface area contributed by atoms with Crippen molar-refractivity contribution in [1.82, 2.24) is 15.0 Å². The van der Waals surface area contributed by atoms with Gasteiger partial charge in [0.25, 0.3) is 0 Å². The Labute approximate surface area is 183 Å². The molecule has 0 amide bonds. The number of nitrogens with two attached hydrogens (primary N) is 1. The molecule has 0 radical (unpaired) electrons. The highest BCUT2D eigenvalue weighted by Gasteiger charge is 2.18. The number of aromatic nitrogens is 3. The van der Waals surface area contributed by atoms with Gasteiger partial charge in [0.05, 0.1) is 11.9 Å². The molecule has 1 aromatic carbocycles. The van der Waals surface area contributed by atoms with Crippen LogP contribution in [0.5, 0.6) is 0 Å². The maximum atomic E-state index is 13.1. The SMILES string of the molecule is CCCc1ccc(-c2cnc(N)c(C(=O)Cc3cnccc3N(C)CCCO)n2)cc1. The molecule has 3 aromatic rings. The summed E-state index contributed by atoms with van der Waals surface area (Å²) in [6.07, 6.45) is 7.84. The number of ketones is 1. The van der Waals surface area contributed by atoms with Crippen LogP contribution in [-0.4, -0.2) is 46.0 Å². The van der Waals surface area contributed by atoms with Crippen LogP contribution in [0.15, 0.2) is 48.9 Å². The van der Waals surface area contributed by atoms with Crippen LogP contribution in [-0.2, 0) is 12.8 Å². The van der Waals surface area contributed by atoms with Crippen LogP contribution in [0.1, 0.15) is 41.4 Å². The first kappa shape index (κ1) is 22.4. The van der Waals surface area contributed by atoms with Crippen molar-refractivity contribution in [1.29, 1.82) is 0 Å². The summed E-state index contributed by atoms with van der Waals surface area (Å²) in [6, 6.07) is 10.00. The first-order valence-electron chi connectivity index (χ1n) is 10.5. The van der Waals surface area contributed by atoms with Crippen LogP contribution in [0.3, 0.4) is 0 Å². The highest BCUT2D eigenvalue weighted by molar-refractivity contribution is 6.00. The summed E-state index contributed by atoms with van der Waals surface area (Å²) in [7, 11) is 1.93. The summed E-state index contributed by atoms with van der Waals surface area (Å²) in [5.41, 5.74) is 10.6. The molecular formula is C24H29N5O2. The minimum absolute atomic E-state index is 0.113. The van der Waals surface area contributed by atoms with E-state index >= 15 is 0 Å². The average molecular weight is 420 g/mol. The predicted molar refractivity (Wildman–Crippen MR) is 123 cm³/mol. The van der Waals surface area contributed by atoms with E-state index < -0.39 is 0 Å². The normalized spacial score (nSPS) is 10.8. The molecular weight excluding hydrogens is 390 g/mol. The highest BCUT2D eigenvalue weighted by atomic mass is 16.3. The lowest BCUT2D eigenvalue weighted by Gasteiger charge is -2.21. The number of pyridine rings is 1. The van der Waals surface area contributed by atoms with Gasteiger partial charge in [0.1, 0.15) is 5.69 Å². The number of aliphatic hydroxyl groups excluding tert-OH is 1. The number of hydrogen-bond donors (Lipinski definition) is 2. The van der Waals surface area contributed by atoms with Crippen molar-refractivity contribution in [3.05, 3.63) is 65.7 Å². The third-order valence-electron chi connectivity index (χ3n) is 5.15. The van der Waals surface area contributed by atoms with Gasteiger partial charge in [-0.3, -0.25) is 9.78 Å². The van der Waals surface area contributed by atoms with Crippen LogP contribution >= 0.6 is 0 Å². The van der Waals surface area contributed by atoms with Crippen LogP contribution in [0.2, 0.25) is 0 Å². The zero-order valence-electron chi connectivity index (χ0n) is 18.1. The van der Waals surface area contributed by atoms with Gasteiger partial charge in [-0.1, -0.05) is 37.6 Å². The smallest absolute Gasteiger partial charge is 0.189 e. The Kier molecular flexibility index (Phi) is 7.67. The molecule has 0 aliphatic carbocycles. The van der Waals surface area contributed by atoms with Crippen molar-refractivity contribution >= 4 is 17.3 Å². The van der Waals surface area contributed by atoms with Crippen molar-refractivity contribution in [3.8, 4) is 11.3 Å². The maximum absolute atomic E-state index is 13.1. The molecule has 0 aliphatic rings. The number of rotatable bonds is 10. The molecule has 0 unspecified atom stereocenters. The molecule has 2 heterocycles. The number of aliphatic hydroxyl groups is 1. The summed E-state index contributed by atoms with van der Waals surface area (Å²) in [5.74, 6) is -0.0883. The van der Waals surface area contributed by atoms with Gasteiger partial charge >= 0.3 is 0 Å². The molecule has 7 nitrogen and oxygen atoms in total. The number of nitrogen functional groups attached to an aromatic ring is 1. The van der Waals surface area contributed by atoms with E-state index in [9.17, 15) is 4.79 Å². The molecule has 3 N–H and O–H groups in total. The monoisotopic (exact) mass is 419 g/mol. The van der Waals surface area contributed by atoms with Gasteiger partial charge in [-0.05, 0) is 24.5 Å². The highest BCUT2D eigenvalue weighted by Crippen LogP contribution is 2.23. The fourth-order valence-corrected chi connectivity index (χ4v) is 3.49. The molecule has 162 valence electrons. The molecule has 0 atom stereocenters. The lowest BCUT2D eigenvalue weighted by molar-refractivity contribution is 0.0989. The van der Waals surface area contributed by atoms with Crippen LogP contribution < -0.4 is 10.6 Å². The van der Waals surface area contributed by atoms with E-state index in [1.165, 1.54) is 5.56 Å². The first-order valence-corrected chi connectivity index (χ1v) is 10.5. The van der Waals surface area contributed by atoms with Gasteiger partial charge in [-0.2, -0.15) is 0 Å². The number of nitrogens with zero attached hydrogens (tertiary/aromatic N) is 4. The number of aryl methyl sites for hydroxylation is 1. The molecule has 0 saturated heterocycles. The number of anilines is 2. The average Bonchev–Trinajstić information content (AvgIpc) is 2.79. The number of Topliss-reactive ketones (excluding diaryl/α,β-unsaturated/α-hetero) is 1. The maximum Gasteiger partial charge on any atom is 0.189 e. The Morgan fingerprint density at radius 1 is 1.16 bits per heavy atom. The van der Waals surface area contributed by atoms with Gasteiger partial charge in [0.2, 0.25) is 0 Å². The second kappa shape index (κ2) is 10.6. The second-order valence-electron chi connectivity index (χ2n) is 7.54. The Balaban J connectivity index is 1.84. The predicted octanol–water partition coefficient (Wildman–Crippen LogP) is 3.32. The van der Waals surface area contributed by atoms with E-state index in [2.05, 4.69) is 34.0 Å². The van der Waals surface area contributed by atoms with Crippen molar-refractivity contribution in [3.63, 3.8) is 0 Å². The summed E-state index contributed by atoms with van der Waals surface area (Å²) >= 11 is 0.